The number of allylic oxidation sites excluding steroid dienone is 1. The van der Waals surface area contributed by atoms with Gasteiger partial charge in [-0.05, 0) is 37.8 Å². The van der Waals surface area contributed by atoms with E-state index in [4.69, 9.17) is 0 Å². The molecule has 0 aromatic heterocycles. The van der Waals surface area contributed by atoms with Crippen molar-refractivity contribution in [3.05, 3.63) is 12.3 Å². The molecule has 2 aliphatic heterocycles. The Morgan fingerprint density at radius 3 is 2.58 bits per heavy atom. The molecule has 0 aromatic carbocycles. The first kappa shape index (κ1) is 8.81. The normalized spacial score (nSPS) is 27.9. The second kappa shape index (κ2) is 3.54. The van der Waals surface area contributed by atoms with Crippen molar-refractivity contribution in [2.24, 2.45) is 5.41 Å². The molecule has 3 heteroatoms. The van der Waals surface area contributed by atoms with Gasteiger partial charge in [-0.15, -0.1) is 0 Å². The van der Waals surface area contributed by atoms with Gasteiger partial charge in [-0.2, -0.15) is 0 Å². The first-order valence-electron chi connectivity index (χ1n) is 4.63. The maximum absolute atomic E-state index is 3.42. The average molecular weight is 278 g/mol. The van der Waals surface area contributed by atoms with E-state index in [1.165, 1.54) is 38.9 Å². The Hall–Kier alpha value is 0.230. The Labute approximate surface area is 87.9 Å². The van der Waals surface area contributed by atoms with Crippen molar-refractivity contribution >= 4 is 22.9 Å². The van der Waals surface area contributed by atoms with E-state index < -0.39 is 0 Å². The molecule has 0 aliphatic carbocycles. The van der Waals surface area contributed by atoms with Crippen molar-refractivity contribution in [1.29, 1.82) is 0 Å². The van der Waals surface area contributed by atoms with Gasteiger partial charge in [0.2, 0.25) is 0 Å². The standard InChI is InChI=1S/C9H15IN2/c10-12-7-3-9(4-8-12)1-5-11-6-2-9/h3,7,11H,1-2,4-6,8H2. The molecule has 2 heterocycles. The maximum Gasteiger partial charge on any atom is 0.0585 e. The summed E-state index contributed by atoms with van der Waals surface area (Å²) in [5, 5.41) is 3.42. The van der Waals surface area contributed by atoms with Gasteiger partial charge in [-0.1, -0.05) is 6.08 Å². The Kier molecular flexibility index (Phi) is 2.60. The summed E-state index contributed by atoms with van der Waals surface area (Å²) in [6.45, 7) is 3.62. The van der Waals surface area contributed by atoms with Gasteiger partial charge in [-0.3, -0.25) is 0 Å². The van der Waals surface area contributed by atoms with E-state index in [1.807, 2.05) is 0 Å². The van der Waals surface area contributed by atoms with Crippen LogP contribution in [-0.4, -0.2) is 22.7 Å². The highest BCUT2D eigenvalue weighted by molar-refractivity contribution is 14.1. The predicted octanol–water partition coefficient (Wildman–Crippen LogP) is 1.93. The summed E-state index contributed by atoms with van der Waals surface area (Å²) in [5.41, 5.74) is 0.549. The van der Waals surface area contributed by atoms with Gasteiger partial charge in [-0.25, -0.2) is 0 Å². The van der Waals surface area contributed by atoms with Crippen molar-refractivity contribution < 1.29 is 0 Å². The van der Waals surface area contributed by atoms with E-state index in [1.54, 1.807) is 0 Å². The number of piperidine rings is 1. The highest BCUT2D eigenvalue weighted by Gasteiger charge is 2.31. The third kappa shape index (κ3) is 1.76. The van der Waals surface area contributed by atoms with Crippen LogP contribution in [0.4, 0.5) is 0 Å². The first-order valence-corrected chi connectivity index (χ1v) is 5.60. The van der Waals surface area contributed by atoms with Gasteiger partial charge < -0.3 is 8.43 Å². The number of hydrogen-bond donors (Lipinski definition) is 1. The molecule has 0 atom stereocenters. The Balaban J connectivity index is 2.05. The van der Waals surface area contributed by atoms with Crippen LogP contribution in [0.25, 0.3) is 0 Å². The molecule has 1 fully saturated rings. The largest absolute Gasteiger partial charge is 0.322 e. The molecule has 1 spiro atoms. The molecule has 0 aromatic rings. The van der Waals surface area contributed by atoms with Gasteiger partial charge in [0.25, 0.3) is 0 Å². The van der Waals surface area contributed by atoms with E-state index in [-0.39, 0.29) is 0 Å². The molecule has 68 valence electrons. The number of halogens is 1. The molecular weight excluding hydrogens is 263 g/mol. The zero-order valence-corrected chi connectivity index (χ0v) is 9.38. The van der Waals surface area contributed by atoms with Crippen LogP contribution in [0.15, 0.2) is 12.3 Å². The Morgan fingerprint density at radius 1 is 1.25 bits per heavy atom. The van der Waals surface area contributed by atoms with Crippen molar-refractivity contribution in [3.63, 3.8) is 0 Å². The summed E-state index contributed by atoms with van der Waals surface area (Å²) >= 11 is 2.37. The van der Waals surface area contributed by atoms with Crippen molar-refractivity contribution in [2.45, 2.75) is 19.3 Å². The zero-order chi connectivity index (χ0) is 8.44. The minimum atomic E-state index is 0.549. The second-order valence-corrected chi connectivity index (χ2v) is 5.04. The first-order chi connectivity index (χ1) is 5.81. The molecular formula is C9H15IN2. The molecule has 0 saturated carbocycles. The highest BCUT2D eigenvalue weighted by atomic mass is 127. The number of nitrogens with one attached hydrogen (secondary N) is 1. The molecule has 0 unspecified atom stereocenters. The average Bonchev–Trinajstić information content (AvgIpc) is 2.13. The number of rotatable bonds is 0. The fraction of sp³-hybridized carbons (Fsp3) is 0.778. The number of hydrogen-bond acceptors (Lipinski definition) is 2. The quantitative estimate of drug-likeness (QED) is 0.538. The smallest absolute Gasteiger partial charge is 0.0585 e. The van der Waals surface area contributed by atoms with Gasteiger partial charge in [0.05, 0.1) is 22.9 Å². The minimum absolute atomic E-state index is 0.549. The van der Waals surface area contributed by atoms with Crippen molar-refractivity contribution in [2.75, 3.05) is 19.6 Å². The third-order valence-electron chi connectivity index (χ3n) is 3.01. The van der Waals surface area contributed by atoms with Gasteiger partial charge in [0.15, 0.2) is 0 Å². The monoisotopic (exact) mass is 278 g/mol. The topological polar surface area (TPSA) is 15.3 Å². The van der Waals surface area contributed by atoms with E-state index in [0.717, 1.165) is 0 Å². The molecule has 1 saturated heterocycles. The molecule has 0 amide bonds. The van der Waals surface area contributed by atoms with E-state index >= 15 is 0 Å². The van der Waals surface area contributed by atoms with Crippen LogP contribution in [0, 0.1) is 5.41 Å². The summed E-state index contributed by atoms with van der Waals surface area (Å²) < 4.78 is 2.26. The van der Waals surface area contributed by atoms with Crippen molar-refractivity contribution in [1.82, 2.24) is 8.43 Å². The van der Waals surface area contributed by atoms with E-state index in [0.29, 0.717) is 5.41 Å². The van der Waals surface area contributed by atoms with Gasteiger partial charge >= 0.3 is 0 Å². The van der Waals surface area contributed by atoms with Crippen LogP contribution in [-0.2, 0) is 0 Å². The van der Waals surface area contributed by atoms with E-state index in [9.17, 15) is 0 Å². The Morgan fingerprint density at radius 2 is 2.00 bits per heavy atom. The summed E-state index contributed by atoms with van der Waals surface area (Å²) in [6, 6.07) is 0. The lowest BCUT2D eigenvalue weighted by molar-refractivity contribution is 0.230. The summed E-state index contributed by atoms with van der Waals surface area (Å²) in [6.07, 6.45) is 8.66. The van der Waals surface area contributed by atoms with Crippen LogP contribution in [0.5, 0.6) is 0 Å². The summed E-state index contributed by atoms with van der Waals surface area (Å²) in [5.74, 6) is 0. The van der Waals surface area contributed by atoms with Crippen molar-refractivity contribution in [3.8, 4) is 0 Å². The lowest BCUT2D eigenvalue weighted by atomic mass is 9.75. The highest BCUT2D eigenvalue weighted by Crippen LogP contribution is 2.37. The Bertz CT molecular complexity index is 185. The molecule has 1 N–H and O–H groups in total. The molecule has 2 rings (SSSR count). The minimum Gasteiger partial charge on any atom is -0.322 e. The maximum atomic E-state index is 3.42. The van der Waals surface area contributed by atoms with Crippen LogP contribution in [0.1, 0.15) is 19.3 Å². The van der Waals surface area contributed by atoms with Crippen LogP contribution < -0.4 is 5.32 Å². The SMILES string of the molecule is IN1C=CC2(CCNCC2)CC1. The lowest BCUT2D eigenvalue weighted by Crippen LogP contribution is -2.38. The predicted molar refractivity (Wildman–Crippen MR) is 59.0 cm³/mol. The second-order valence-electron chi connectivity index (χ2n) is 3.80. The molecule has 2 aliphatic rings. The zero-order valence-electron chi connectivity index (χ0n) is 7.22. The molecule has 0 radical (unpaired) electrons. The van der Waals surface area contributed by atoms with Crippen LogP contribution in [0.3, 0.4) is 0 Å². The summed E-state index contributed by atoms with van der Waals surface area (Å²) in [7, 11) is 0. The molecule has 12 heavy (non-hydrogen) atoms. The van der Waals surface area contributed by atoms with Gasteiger partial charge in [0, 0.05) is 12.7 Å². The fourth-order valence-electron chi connectivity index (χ4n) is 2.07. The molecule has 2 nitrogen and oxygen atoms in total. The third-order valence-corrected chi connectivity index (χ3v) is 3.82. The fourth-order valence-corrected chi connectivity index (χ4v) is 2.47. The van der Waals surface area contributed by atoms with Gasteiger partial charge in [0.1, 0.15) is 0 Å². The van der Waals surface area contributed by atoms with E-state index in [2.05, 4.69) is 43.6 Å². The number of nitrogens with zero attached hydrogens (tertiary/aromatic N) is 1. The lowest BCUT2D eigenvalue weighted by Gasteiger charge is -2.38. The summed E-state index contributed by atoms with van der Waals surface area (Å²) in [4.78, 5) is 0. The van der Waals surface area contributed by atoms with Crippen LogP contribution >= 0.6 is 22.9 Å². The van der Waals surface area contributed by atoms with Crippen LogP contribution in [0.2, 0.25) is 0 Å². The molecule has 0 bridgehead atoms.